The smallest absolute Gasteiger partial charge is 0.339 e. The van der Waals surface area contributed by atoms with Crippen LogP contribution in [0.15, 0.2) is 54.1 Å². The fourth-order valence-electron chi connectivity index (χ4n) is 8.33. The number of alkyl halides is 1. The number of aliphatic hydroxyl groups excluding tert-OH is 2. The summed E-state index contributed by atoms with van der Waals surface area (Å²) in [4.78, 5) is 39.0. The van der Waals surface area contributed by atoms with E-state index in [1.165, 1.54) is 0 Å². The standard InChI is InChI=1S/C29H33BrO6/c1-16-11-20-24-21(30)13-18-12-19(32)9-10-27(18,2)25(24)22(33)14-28(20,3)29(16,23(34)15-31)36-26(35)17-7-5-4-6-8-17/h4-10,12,16,20-22,24-25,31,33H,11,13-15H2,1-3H3/t16-,20+,21-,22+,24-,25+,27+,28+,29-/m1/s1. The maximum absolute atomic E-state index is 13.6. The van der Waals surface area contributed by atoms with Crippen molar-refractivity contribution < 1.29 is 29.3 Å². The molecule has 9 atom stereocenters. The molecule has 0 saturated heterocycles. The Morgan fingerprint density at radius 1 is 1.19 bits per heavy atom. The van der Waals surface area contributed by atoms with Gasteiger partial charge in [0.15, 0.2) is 11.4 Å². The van der Waals surface area contributed by atoms with Gasteiger partial charge in [-0.15, -0.1) is 0 Å². The first kappa shape index (κ1) is 25.6. The Kier molecular flexibility index (Phi) is 6.21. The van der Waals surface area contributed by atoms with Crippen molar-refractivity contribution in [2.24, 2.45) is 34.5 Å². The first-order valence-electron chi connectivity index (χ1n) is 12.7. The van der Waals surface area contributed by atoms with Crippen molar-refractivity contribution in [1.82, 2.24) is 0 Å². The molecule has 3 fully saturated rings. The van der Waals surface area contributed by atoms with E-state index in [1.54, 1.807) is 42.5 Å². The summed E-state index contributed by atoms with van der Waals surface area (Å²) < 4.78 is 6.19. The quantitative estimate of drug-likeness (QED) is 0.428. The SMILES string of the molecule is C[C@@H]1C[C@H]2[C@H]3[C@H]([C@@H](O)C[C@]2(C)[C@]1(OC(=O)c1ccccc1)C(=O)CO)[C@@]1(C)C=CC(=O)C=C1C[C@H]3Br. The summed E-state index contributed by atoms with van der Waals surface area (Å²) in [5, 5.41) is 21.8. The summed E-state index contributed by atoms with van der Waals surface area (Å²) in [5.74, 6) is -1.75. The molecule has 4 aliphatic carbocycles. The number of halogens is 1. The highest BCUT2D eigenvalue weighted by molar-refractivity contribution is 9.09. The van der Waals surface area contributed by atoms with Crippen LogP contribution in [0.4, 0.5) is 0 Å². The maximum atomic E-state index is 13.6. The number of fused-ring (bicyclic) bond motifs is 5. The number of benzene rings is 1. The molecular formula is C29H33BrO6. The normalized spacial score (nSPS) is 43.2. The molecule has 0 heterocycles. The second kappa shape index (κ2) is 8.74. The number of rotatable bonds is 4. The molecule has 7 heteroatoms. The Labute approximate surface area is 219 Å². The van der Waals surface area contributed by atoms with Crippen LogP contribution in [0.2, 0.25) is 0 Å². The molecular weight excluding hydrogens is 524 g/mol. The lowest BCUT2D eigenvalue weighted by atomic mass is 9.46. The van der Waals surface area contributed by atoms with Crippen LogP contribution in [0.5, 0.6) is 0 Å². The van der Waals surface area contributed by atoms with Crippen molar-refractivity contribution in [3.63, 3.8) is 0 Å². The summed E-state index contributed by atoms with van der Waals surface area (Å²) in [6.07, 6.45) is 5.96. The molecule has 0 bridgehead atoms. The van der Waals surface area contributed by atoms with Crippen LogP contribution < -0.4 is 0 Å². The molecule has 0 aromatic heterocycles. The second-order valence-electron chi connectivity index (χ2n) is 11.5. The highest BCUT2D eigenvalue weighted by Gasteiger charge is 2.73. The number of aliphatic hydroxyl groups is 2. The van der Waals surface area contributed by atoms with Crippen LogP contribution in [-0.4, -0.2) is 50.9 Å². The molecule has 0 radical (unpaired) electrons. The molecule has 5 rings (SSSR count). The van der Waals surface area contributed by atoms with Crippen LogP contribution in [-0.2, 0) is 14.3 Å². The lowest BCUT2D eigenvalue weighted by Gasteiger charge is -2.61. The number of carbonyl (C=O) groups is 3. The predicted octanol–water partition coefficient (Wildman–Crippen LogP) is 4.04. The second-order valence-corrected chi connectivity index (χ2v) is 12.7. The highest BCUT2D eigenvalue weighted by atomic mass is 79.9. The van der Waals surface area contributed by atoms with Gasteiger partial charge < -0.3 is 14.9 Å². The molecule has 1 aromatic rings. The molecule has 36 heavy (non-hydrogen) atoms. The van der Waals surface area contributed by atoms with E-state index in [0.717, 1.165) is 5.57 Å². The van der Waals surface area contributed by atoms with E-state index in [4.69, 9.17) is 4.74 Å². The van der Waals surface area contributed by atoms with Gasteiger partial charge in [-0.3, -0.25) is 9.59 Å². The van der Waals surface area contributed by atoms with Gasteiger partial charge >= 0.3 is 5.97 Å². The molecule has 3 saturated carbocycles. The molecule has 1 aromatic carbocycles. The molecule has 0 unspecified atom stereocenters. The van der Waals surface area contributed by atoms with Crippen molar-refractivity contribution in [3.05, 3.63) is 59.7 Å². The van der Waals surface area contributed by atoms with Crippen molar-refractivity contribution in [2.75, 3.05) is 6.61 Å². The minimum Gasteiger partial charge on any atom is -0.446 e. The minimum atomic E-state index is -1.56. The first-order chi connectivity index (χ1) is 17.0. The van der Waals surface area contributed by atoms with Gasteiger partial charge in [0.05, 0.1) is 11.7 Å². The van der Waals surface area contributed by atoms with Gasteiger partial charge in [0, 0.05) is 27.5 Å². The van der Waals surface area contributed by atoms with Crippen LogP contribution >= 0.6 is 15.9 Å². The Balaban J connectivity index is 1.60. The van der Waals surface area contributed by atoms with Crippen LogP contribution in [0.25, 0.3) is 0 Å². The number of carbonyl (C=O) groups excluding carboxylic acids is 3. The largest absolute Gasteiger partial charge is 0.446 e. The molecule has 192 valence electrons. The van der Waals surface area contributed by atoms with E-state index in [0.29, 0.717) is 18.4 Å². The third-order valence-electron chi connectivity index (χ3n) is 9.84. The first-order valence-corrected chi connectivity index (χ1v) is 13.6. The number of hydrogen-bond acceptors (Lipinski definition) is 6. The minimum absolute atomic E-state index is 0.0162. The number of ketones is 2. The number of allylic oxidation sites excluding steroid dienone is 4. The summed E-state index contributed by atoms with van der Waals surface area (Å²) >= 11 is 3.89. The van der Waals surface area contributed by atoms with Gasteiger partial charge in [0.25, 0.3) is 0 Å². The zero-order valence-electron chi connectivity index (χ0n) is 20.8. The van der Waals surface area contributed by atoms with Crippen molar-refractivity contribution >= 4 is 33.5 Å². The van der Waals surface area contributed by atoms with Crippen LogP contribution in [0, 0.1) is 34.5 Å². The number of ether oxygens (including phenoxy) is 1. The average Bonchev–Trinajstić information content (AvgIpc) is 3.06. The topological polar surface area (TPSA) is 101 Å². The molecule has 6 nitrogen and oxygen atoms in total. The van der Waals surface area contributed by atoms with E-state index in [1.807, 2.05) is 19.9 Å². The molecule has 0 amide bonds. The van der Waals surface area contributed by atoms with E-state index in [-0.39, 0.29) is 40.7 Å². The van der Waals surface area contributed by atoms with Gasteiger partial charge in [0.2, 0.25) is 5.78 Å². The maximum Gasteiger partial charge on any atom is 0.339 e. The monoisotopic (exact) mass is 556 g/mol. The Bertz CT molecular complexity index is 1160. The summed E-state index contributed by atoms with van der Waals surface area (Å²) in [7, 11) is 0. The van der Waals surface area contributed by atoms with Crippen molar-refractivity contribution in [2.45, 2.75) is 56.6 Å². The molecule has 2 N–H and O–H groups in total. The molecule has 0 aliphatic heterocycles. The predicted molar refractivity (Wildman–Crippen MR) is 137 cm³/mol. The zero-order chi connectivity index (χ0) is 26.0. The lowest BCUT2D eigenvalue weighted by Crippen LogP contribution is -2.65. The summed E-state index contributed by atoms with van der Waals surface area (Å²) in [6.45, 7) is 5.20. The number of Topliss-reactive ketones (excluding diaryl/α,β-unsaturated/α-hetero) is 1. The van der Waals surface area contributed by atoms with Crippen LogP contribution in [0.3, 0.4) is 0 Å². The fourth-order valence-corrected chi connectivity index (χ4v) is 9.37. The van der Waals surface area contributed by atoms with Crippen molar-refractivity contribution in [3.8, 4) is 0 Å². The lowest BCUT2D eigenvalue weighted by molar-refractivity contribution is -0.184. The Morgan fingerprint density at radius 3 is 2.56 bits per heavy atom. The van der Waals surface area contributed by atoms with E-state index >= 15 is 0 Å². The molecule has 0 spiro atoms. The third kappa shape index (κ3) is 3.38. The average molecular weight is 557 g/mol. The van der Waals surface area contributed by atoms with Gasteiger partial charge in [-0.05, 0) is 55.4 Å². The highest BCUT2D eigenvalue weighted by Crippen LogP contribution is 2.70. The Hall–Kier alpha value is -2.09. The number of hydrogen-bond donors (Lipinski definition) is 2. The summed E-state index contributed by atoms with van der Waals surface area (Å²) in [5.41, 5.74) is -1.56. The fraction of sp³-hybridized carbons (Fsp3) is 0.552. The van der Waals surface area contributed by atoms with E-state index in [9.17, 15) is 24.6 Å². The third-order valence-corrected chi connectivity index (χ3v) is 10.8. The van der Waals surface area contributed by atoms with Gasteiger partial charge in [-0.25, -0.2) is 4.79 Å². The van der Waals surface area contributed by atoms with E-state index in [2.05, 4.69) is 22.9 Å². The Morgan fingerprint density at radius 2 is 1.89 bits per heavy atom. The van der Waals surface area contributed by atoms with E-state index < -0.39 is 40.9 Å². The van der Waals surface area contributed by atoms with Crippen LogP contribution in [0.1, 0.15) is 50.4 Å². The van der Waals surface area contributed by atoms with Gasteiger partial charge in [-0.1, -0.05) is 66.5 Å². The van der Waals surface area contributed by atoms with Gasteiger partial charge in [0.1, 0.15) is 6.61 Å². The van der Waals surface area contributed by atoms with Gasteiger partial charge in [-0.2, -0.15) is 0 Å². The number of esters is 1. The zero-order valence-corrected chi connectivity index (χ0v) is 22.4. The van der Waals surface area contributed by atoms with Crippen molar-refractivity contribution in [1.29, 1.82) is 0 Å². The molecule has 4 aliphatic rings. The summed E-state index contributed by atoms with van der Waals surface area (Å²) in [6, 6.07) is 8.56.